The fourth-order valence-electron chi connectivity index (χ4n) is 2.62. The summed E-state index contributed by atoms with van der Waals surface area (Å²) in [6.07, 6.45) is -0.0476. The van der Waals surface area contributed by atoms with Gasteiger partial charge in [0, 0.05) is 19.5 Å². The topological polar surface area (TPSA) is 89.7 Å². The lowest BCUT2D eigenvalue weighted by Gasteiger charge is -2.16. The van der Waals surface area contributed by atoms with Crippen molar-refractivity contribution in [2.45, 2.75) is 18.2 Å². The third kappa shape index (κ3) is 3.93. The molecule has 6 nitrogen and oxygen atoms in total. The van der Waals surface area contributed by atoms with Crippen molar-refractivity contribution in [3.05, 3.63) is 60.2 Å². The minimum atomic E-state index is -3.68. The fourth-order valence-corrected chi connectivity index (χ4v) is 3.38. The van der Waals surface area contributed by atoms with Crippen molar-refractivity contribution in [1.82, 2.24) is 4.90 Å². The number of carbonyl (C=O) groups is 1. The van der Waals surface area contributed by atoms with Gasteiger partial charge in [-0.3, -0.25) is 4.79 Å². The van der Waals surface area contributed by atoms with E-state index in [1.807, 2.05) is 54.6 Å². The van der Waals surface area contributed by atoms with Gasteiger partial charge in [0.1, 0.15) is 16.7 Å². The van der Waals surface area contributed by atoms with Crippen LogP contribution < -0.4 is 9.88 Å². The van der Waals surface area contributed by atoms with E-state index < -0.39 is 15.3 Å². The van der Waals surface area contributed by atoms with Gasteiger partial charge in [-0.25, -0.2) is 13.6 Å². The average molecular weight is 346 g/mol. The first-order valence-electron chi connectivity index (χ1n) is 7.53. The van der Waals surface area contributed by atoms with Crippen LogP contribution in [-0.4, -0.2) is 31.0 Å². The van der Waals surface area contributed by atoms with Gasteiger partial charge < -0.3 is 9.64 Å². The number of primary sulfonamides is 1. The van der Waals surface area contributed by atoms with Crippen LogP contribution in [0.4, 0.5) is 0 Å². The van der Waals surface area contributed by atoms with Gasteiger partial charge in [-0.15, -0.1) is 0 Å². The second-order valence-electron chi connectivity index (χ2n) is 5.75. The number of rotatable bonds is 5. The van der Waals surface area contributed by atoms with E-state index in [0.29, 0.717) is 12.3 Å². The molecule has 0 spiro atoms. The zero-order valence-corrected chi connectivity index (χ0v) is 13.8. The minimum absolute atomic E-state index is 0.0476. The van der Waals surface area contributed by atoms with Gasteiger partial charge in [0.25, 0.3) is 0 Å². The normalized spacial score (nSPS) is 18.0. The predicted molar refractivity (Wildman–Crippen MR) is 89.9 cm³/mol. The number of nitrogens with zero attached hydrogens (tertiary/aromatic N) is 1. The Hall–Kier alpha value is -2.38. The molecule has 1 atom stereocenters. The number of nitrogens with two attached hydrogens (primary N) is 1. The molecule has 0 aliphatic carbocycles. The van der Waals surface area contributed by atoms with E-state index in [4.69, 9.17) is 9.88 Å². The summed E-state index contributed by atoms with van der Waals surface area (Å²) in [6, 6.07) is 16.8. The molecule has 24 heavy (non-hydrogen) atoms. The molecule has 1 saturated heterocycles. The first-order valence-corrected chi connectivity index (χ1v) is 9.14. The molecule has 3 rings (SSSR count). The standard InChI is InChI=1S/C17H18N2O4S/c18-24(21,22)16-10-17(20)19(12-16)11-13-6-8-15(9-7-13)23-14-4-2-1-3-5-14/h1-9,16H,10-12H2,(H2,18,21,22). The van der Waals surface area contributed by atoms with Crippen molar-refractivity contribution in [1.29, 1.82) is 0 Å². The second-order valence-corrected chi connectivity index (χ2v) is 7.59. The molecule has 2 aromatic rings. The number of likely N-dealkylation sites (tertiary alicyclic amines) is 1. The van der Waals surface area contributed by atoms with Crippen LogP contribution in [-0.2, 0) is 21.4 Å². The van der Waals surface area contributed by atoms with Crippen LogP contribution in [0.2, 0.25) is 0 Å². The molecule has 2 N–H and O–H groups in total. The maximum absolute atomic E-state index is 11.9. The van der Waals surface area contributed by atoms with Gasteiger partial charge in [0.05, 0.1) is 0 Å². The van der Waals surface area contributed by atoms with Crippen molar-refractivity contribution in [3.8, 4) is 11.5 Å². The van der Waals surface area contributed by atoms with E-state index in [-0.39, 0.29) is 18.9 Å². The summed E-state index contributed by atoms with van der Waals surface area (Å²) in [6.45, 7) is 0.496. The predicted octanol–water partition coefficient (Wildman–Crippen LogP) is 1.87. The van der Waals surface area contributed by atoms with Gasteiger partial charge in [0.15, 0.2) is 0 Å². The maximum atomic E-state index is 11.9. The van der Waals surface area contributed by atoms with Crippen molar-refractivity contribution in [3.63, 3.8) is 0 Å². The molecule has 1 unspecified atom stereocenters. The molecule has 7 heteroatoms. The average Bonchev–Trinajstić information content (AvgIpc) is 2.92. The molecule has 0 aromatic heterocycles. The highest BCUT2D eigenvalue weighted by Crippen LogP contribution is 2.23. The van der Waals surface area contributed by atoms with Gasteiger partial charge in [0.2, 0.25) is 15.9 Å². The second kappa shape index (κ2) is 6.62. The van der Waals surface area contributed by atoms with Crippen LogP contribution in [0, 0.1) is 0 Å². The summed E-state index contributed by atoms with van der Waals surface area (Å²) >= 11 is 0. The highest BCUT2D eigenvalue weighted by Gasteiger charge is 2.36. The number of ether oxygens (including phenoxy) is 1. The lowest BCUT2D eigenvalue weighted by molar-refractivity contribution is -0.128. The lowest BCUT2D eigenvalue weighted by Crippen LogP contribution is -2.31. The van der Waals surface area contributed by atoms with Crippen molar-refractivity contribution < 1.29 is 17.9 Å². The molecule has 0 bridgehead atoms. The van der Waals surface area contributed by atoms with Crippen LogP contribution in [0.15, 0.2) is 54.6 Å². The summed E-state index contributed by atoms with van der Waals surface area (Å²) in [5.41, 5.74) is 0.902. The Kier molecular flexibility index (Phi) is 4.55. The molecule has 1 aliphatic rings. The third-order valence-electron chi connectivity index (χ3n) is 3.92. The third-order valence-corrected chi connectivity index (χ3v) is 5.16. The van der Waals surface area contributed by atoms with Gasteiger partial charge in [-0.1, -0.05) is 30.3 Å². The Morgan fingerprint density at radius 3 is 2.25 bits per heavy atom. The number of sulfonamides is 1. The maximum Gasteiger partial charge on any atom is 0.224 e. The highest BCUT2D eigenvalue weighted by molar-refractivity contribution is 7.89. The Labute approximate surface area is 140 Å². The van der Waals surface area contributed by atoms with E-state index in [9.17, 15) is 13.2 Å². The molecule has 0 radical (unpaired) electrons. The van der Waals surface area contributed by atoms with Crippen molar-refractivity contribution >= 4 is 15.9 Å². The lowest BCUT2D eigenvalue weighted by atomic mass is 10.2. The number of hydrogen-bond acceptors (Lipinski definition) is 4. The first kappa shape index (κ1) is 16.5. The van der Waals surface area contributed by atoms with Crippen LogP contribution in [0.3, 0.4) is 0 Å². The summed E-state index contributed by atoms with van der Waals surface area (Å²) in [4.78, 5) is 13.4. The summed E-state index contributed by atoms with van der Waals surface area (Å²) in [5, 5.41) is 4.31. The van der Waals surface area contributed by atoms with E-state index in [1.54, 1.807) is 0 Å². The first-order chi connectivity index (χ1) is 11.4. The number of benzene rings is 2. The fraction of sp³-hybridized carbons (Fsp3) is 0.235. The number of carbonyl (C=O) groups excluding carboxylic acids is 1. The van der Waals surface area contributed by atoms with Gasteiger partial charge in [-0.2, -0.15) is 0 Å². The molecular weight excluding hydrogens is 328 g/mol. The zero-order valence-electron chi connectivity index (χ0n) is 13.0. The van der Waals surface area contributed by atoms with E-state index in [2.05, 4.69) is 0 Å². The van der Waals surface area contributed by atoms with Crippen molar-refractivity contribution in [2.75, 3.05) is 6.54 Å². The quantitative estimate of drug-likeness (QED) is 0.895. The molecule has 2 aromatic carbocycles. The SMILES string of the molecule is NS(=O)(=O)C1CC(=O)N(Cc2ccc(Oc3ccccc3)cc2)C1. The van der Waals surface area contributed by atoms with Gasteiger partial charge in [-0.05, 0) is 29.8 Å². The minimum Gasteiger partial charge on any atom is -0.457 e. The van der Waals surface area contributed by atoms with Crippen LogP contribution in [0.25, 0.3) is 0 Å². The molecule has 1 heterocycles. The van der Waals surface area contributed by atoms with E-state index >= 15 is 0 Å². The molecule has 1 fully saturated rings. The molecule has 1 aliphatic heterocycles. The zero-order chi connectivity index (χ0) is 17.2. The number of para-hydroxylation sites is 1. The highest BCUT2D eigenvalue weighted by atomic mass is 32.2. The van der Waals surface area contributed by atoms with E-state index in [1.165, 1.54) is 4.90 Å². The molecule has 1 amide bonds. The van der Waals surface area contributed by atoms with E-state index in [0.717, 1.165) is 11.3 Å². The Morgan fingerprint density at radius 2 is 1.67 bits per heavy atom. The molecule has 0 saturated carbocycles. The largest absolute Gasteiger partial charge is 0.457 e. The number of amides is 1. The smallest absolute Gasteiger partial charge is 0.224 e. The summed E-state index contributed by atoms with van der Waals surface area (Å²) in [7, 11) is -3.68. The van der Waals surface area contributed by atoms with Crippen molar-refractivity contribution in [2.24, 2.45) is 5.14 Å². The Morgan fingerprint density at radius 1 is 1.04 bits per heavy atom. The molecule has 126 valence electrons. The Bertz CT molecular complexity index is 819. The summed E-state index contributed by atoms with van der Waals surface area (Å²) < 4.78 is 28.5. The molecular formula is C17H18N2O4S. The number of hydrogen-bond donors (Lipinski definition) is 1. The van der Waals surface area contributed by atoms with Crippen LogP contribution in [0.1, 0.15) is 12.0 Å². The monoisotopic (exact) mass is 346 g/mol. The van der Waals surface area contributed by atoms with Crippen LogP contribution in [0.5, 0.6) is 11.5 Å². The van der Waals surface area contributed by atoms with Gasteiger partial charge >= 0.3 is 0 Å². The summed E-state index contributed by atoms with van der Waals surface area (Å²) in [5.74, 6) is 1.25. The van der Waals surface area contributed by atoms with Crippen LogP contribution >= 0.6 is 0 Å². The Balaban J connectivity index is 1.63.